The van der Waals surface area contributed by atoms with E-state index in [9.17, 15) is 34.2 Å². The lowest BCUT2D eigenvalue weighted by Crippen LogP contribution is -2.59. The Morgan fingerprint density at radius 2 is 1.59 bits per heavy atom. The van der Waals surface area contributed by atoms with E-state index in [1.54, 1.807) is 12.3 Å². The maximum Gasteiger partial charge on any atom is 0.326 e. The van der Waals surface area contributed by atoms with E-state index in [0.717, 1.165) is 10.9 Å². The quantitative estimate of drug-likeness (QED) is 0.103. The predicted octanol–water partition coefficient (Wildman–Crippen LogP) is -2.59. The lowest BCUT2D eigenvalue weighted by molar-refractivity contribution is -0.142. The van der Waals surface area contributed by atoms with Gasteiger partial charge in [-0.2, -0.15) is 0 Å². The fourth-order valence-electron chi connectivity index (χ4n) is 3.87. The number of para-hydroxylation sites is 1. The van der Waals surface area contributed by atoms with Crippen LogP contribution in [0.1, 0.15) is 17.7 Å². The van der Waals surface area contributed by atoms with E-state index < -0.39 is 66.8 Å². The highest BCUT2D eigenvalue weighted by Gasteiger charge is 2.31. The van der Waals surface area contributed by atoms with E-state index in [-0.39, 0.29) is 12.8 Å². The summed E-state index contributed by atoms with van der Waals surface area (Å²) >= 11 is 0. The van der Waals surface area contributed by atoms with Gasteiger partial charge in [0.2, 0.25) is 23.6 Å². The molecular weight excluding hydrogens is 512 g/mol. The molecular formula is C24H30N8O7. The third-order valence-corrected chi connectivity index (χ3v) is 5.90. The Kier molecular flexibility index (Phi) is 9.72. The molecule has 0 spiro atoms. The molecule has 15 heteroatoms. The van der Waals surface area contributed by atoms with Gasteiger partial charge in [-0.1, -0.05) is 18.2 Å². The highest BCUT2D eigenvalue weighted by molar-refractivity contribution is 5.95. The number of carbonyl (C=O) groups is 5. The van der Waals surface area contributed by atoms with Crippen molar-refractivity contribution in [2.45, 2.75) is 43.4 Å². The van der Waals surface area contributed by atoms with E-state index in [2.05, 4.69) is 30.9 Å². The molecule has 15 nitrogen and oxygen atoms in total. The summed E-state index contributed by atoms with van der Waals surface area (Å²) in [6, 6.07) is 1.73. The highest BCUT2D eigenvalue weighted by atomic mass is 16.4. The number of aliphatic hydroxyl groups is 1. The number of imidazole rings is 1. The third kappa shape index (κ3) is 7.86. The molecule has 0 aliphatic carbocycles. The van der Waals surface area contributed by atoms with Crippen LogP contribution in [0.25, 0.3) is 10.9 Å². The Morgan fingerprint density at radius 3 is 2.23 bits per heavy atom. The van der Waals surface area contributed by atoms with Gasteiger partial charge in [0, 0.05) is 41.8 Å². The molecule has 0 fully saturated rings. The molecule has 0 aliphatic rings. The number of primary amides is 1. The molecule has 4 amide bonds. The Labute approximate surface area is 221 Å². The average Bonchev–Trinajstić information content (AvgIpc) is 3.55. The van der Waals surface area contributed by atoms with Gasteiger partial charge in [-0.25, -0.2) is 9.78 Å². The van der Waals surface area contributed by atoms with Crippen LogP contribution in [0.4, 0.5) is 0 Å². The topological polar surface area (TPSA) is 258 Å². The summed E-state index contributed by atoms with van der Waals surface area (Å²) in [6.07, 6.45) is 3.79. The number of H-pyrrole nitrogens is 2. The fraction of sp³-hybridized carbons (Fsp3) is 0.333. The van der Waals surface area contributed by atoms with Crippen molar-refractivity contribution >= 4 is 40.5 Å². The second-order valence-electron chi connectivity index (χ2n) is 8.83. The van der Waals surface area contributed by atoms with Crippen LogP contribution in [0.15, 0.2) is 43.0 Å². The normalized spacial score (nSPS) is 14.1. The Hall–Kier alpha value is -4.76. The van der Waals surface area contributed by atoms with Crippen LogP contribution >= 0.6 is 0 Å². The van der Waals surface area contributed by atoms with Crippen molar-refractivity contribution in [3.8, 4) is 0 Å². The van der Waals surface area contributed by atoms with Gasteiger partial charge in [-0.3, -0.25) is 19.2 Å². The number of aliphatic carboxylic acids is 1. The van der Waals surface area contributed by atoms with Crippen molar-refractivity contribution in [1.29, 1.82) is 0 Å². The molecule has 0 aliphatic heterocycles. The molecule has 2 aromatic heterocycles. The number of hydrogen-bond donors (Lipinski definition) is 9. The minimum absolute atomic E-state index is 0.0621. The summed E-state index contributed by atoms with van der Waals surface area (Å²) in [5, 5.41) is 27.3. The summed E-state index contributed by atoms with van der Waals surface area (Å²) in [7, 11) is 0. The zero-order valence-electron chi connectivity index (χ0n) is 20.7. The van der Waals surface area contributed by atoms with E-state index in [1.165, 1.54) is 12.5 Å². The number of hydrogen-bond acceptors (Lipinski definition) is 8. The molecule has 0 bridgehead atoms. The number of amides is 4. The predicted molar refractivity (Wildman–Crippen MR) is 137 cm³/mol. The first-order valence-electron chi connectivity index (χ1n) is 11.9. The van der Waals surface area contributed by atoms with E-state index in [4.69, 9.17) is 11.5 Å². The van der Waals surface area contributed by atoms with E-state index in [1.807, 2.05) is 18.2 Å². The first-order valence-corrected chi connectivity index (χ1v) is 11.9. The standard InChI is InChI=1S/C24H30N8O7/c25-15(7-20(26)34)21(35)30-17(6-13-9-27-11-29-13)22(36)32-19(10-33)23(37)31-18(24(38)39)5-12-8-28-16-4-2-1-3-14(12)16/h1-4,8-9,11,15,17-19,28,33H,5-7,10,25H2,(H2,26,34)(H,27,29)(H,30,35)(H,31,37)(H,32,36)(H,38,39). The molecule has 208 valence electrons. The van der Waals surface area contributed by atoms with E-state index in [0.29, 0.717) is 11.3 Å². The molecule has 11 N–H and O–H groups in total. The minimum atomic E-state index is -1.54. The van der Waals surface area contributed by atoms with Gasteiger partial charge in [0.15, 0.2) is 0 Å². The second-order valence-corrected chi connectivity index (χ2v) is 8.83. The fourth-order valence-corrected chi connectivity index (χ4v) is 3.87. The van der Waals surface area contributed by atoms with Gasteiger partial charge >= 0.3 is 5.97 Å². The highest BCUT2D eigenvalue weighted by Crippen LogP contribution is 2.19. The van der Waals surface area contributed by atoms with Crippen LogP contribution in [0.2, 0.25) is 0 Å². The summed E-state index contributed by atoms with van der Waals surface area (Å²) in [6.45, 7) is -0.858. The van der Waals surface area contributed by atoms with Gasteiger partial charge in [-0.15, -0.1) is 0 Å². The van der Waals surface area contributed by atoms with Crippen molar-refractivity contribution in [1.82, 2.24) is 30.9 Å². The summed E-state index contributed by atoms with van der Waals surface area (Å²) in [5.74, 6) is -4.80. The van der Waals surface area contributed by atoms with Gasteiger partial charge in [0.25, 0.3) is 0 Å². The van der Waals surface area contributed by atoms with Gasteiger partial charge < -0.3 is 47.6 Å². The molecule has 2 heterocycles. The van der Waals surface area contributed by atoms with Crippen molar-refractivity contribution in [2.75, 3.05) is 6.61 Å². The number of aromatic amines is 2. The zero-order chi connectivity index (χ0) is 28.5. The first-order chi connectivity index (χ1) is 18.6. The molecule has 0 radical (unpaired) electrons. The number of benzene rings is 1. The second kappa shape index (κ2) is 13.2. The molecule has 3 aromatic rings. The average molecular weight is 543 g/mol. The number of aromatic nitrogens is 3. The first kappa shape index (κ1) is 28.8. The lowest BCUT2D eigenvalue weighted by atomic mass is 10.0. The number of carbonyl (C=O) groups excluding carboxylic acids is 4. The zero-order valence-corrected chi connectivity index (χ0v) is 20.7. The summed E-state index contributed by atoms with van der Waals surface area (Å²) in [4.78, 5) is 71.0. The van der Waals surface area contributed by atoms with Gasteiger partial charge in [0.1, 0.15) is 18.1 Å². The van der Waals surface area contributed by atoms with Crippen LogP contribution in [0, 0.1) is 0 Å². The number of nitrogens with two attached hydrogens (primary N) is 2. The van der Waals surface area contributed by atoms with Crippen LogP contribution in [0.3, 0.4) is 0 Å². The van der Waals surface area contributed by atoms with E-state index >= 15 is 0 Å². The van der Waals surface area contributed by atoms with Gasteiger partial charge in [-0.05, 0) is 11.6 Å². The molecule has 0 saturated heterocycles. The number of carboxylic acids is 1. The van der Waals surface area contributed by atoms with Crippen LogP contribution < -0.4 is 27.4 Å². The maximum atomic E-state index is 13.0. The Balaban J connectivity index is 1.70. The Morgan fingerprint density at radius 1 is 0.923 bits per heavy atom. The number of fused-ring (bicyclic) bond motifs is 1. The molecule has 4 unspecified atom stereocenters. The minimum Gasteiger partial charge on any atom is -0.480 e. The SMILES string of the molecule is NC(=O)CC(N)C(=O)NC(Cc1cnc[nH]1)C(=O)NC(CO)C(=O)NC(Cc1c[nH]c2ccccc12)C(=O)O. The summed E-state index contributed by atoms with van der Waals surface area (Å²) in [5.41, 5.74) is 12.6. The number of rotatable bonds is 14. The molecule has 39 heavy (non-hydrogen) atoms. The van der Waals surface area contributed by atoms with Crippen molar-refractivity contribution in [3.05, 3.63) is 54.2 Å². The van der Waals surface area contributed by atoms with Crippen molar-refractivity contribution < 1.29 is 34.2 Å². The molecule has 3 rings (SSSR count). The Bertz CT molecular complexity index is 1320. The number of nitrogens with zero attached hydrogens (tertiary/aromatic N) is 1. The third-order valence-electron chi connectivity index (χ3n) is 5.90. The largest absolute Gasteiger partial charge is 0.480 e. The van der Waals surface area contributed by atoms with Crippen molar-refractivity contribution in [2.24, 2.45) is 11.5 Å². The summed E-state index contributed by atoms with van der Waals surface area (Å²) < 4.78 is 0. The van der Waals surface area contributed by atoms with Crippen LogP contribution in [-0.2, 0) is 36.8 Å². The smallest absolute Gasteiger partial charge is 0.326 e. The number of nitrogens with one attached hydrogen (secondary N) is 5. The number of aliphatic hydroxyl groups excluding tert-OH is 1. The maximum absolute atomic E-state index is 13.0. The van der Waals surface area contributed by atoms with Crippen molar-refractivity contribution in [3.63, 3.8) is 0 Å². The monoisotopic (exact) mass is 542 g/mol. The number of carboxylic acid groups (broad SMARTS) is 1. The van der Waals surface area contributed by atoms with Gasteiger partial charge in [0.05, 0.1) is 25.4 Å². The molecule has 0 saturated carbocycles. The van der Waals surface area contributed by atoms with Crippen LogP contribution in [-0.4, -0.2) is 85.5 Å². The molecule has 1 aromatic carbocycles. The molecule has 4 atom stereocenters. The lowest BCUT2D eigenvalue weighted by Gasteiger charge is -2.24. The van der Waals surface area contributed by atoms with Crippen LogP contribution in [0.5, 0.6) is 0 Å².